The van der Waals surface area contributed by atoms with Crippen molar-refractivity contribution >= 4 is 41.5 Å². The van der Waals surface area contributed by atoms with Gasteiger partial charge in [0, 0.05) is 46.0 Å². The molecule has 0 saturated carbocycles. The maximum atomic E-state index is 6.08. The molecule has 0 aliphatic carbocycles. The van der Waals surface area contributed by atoms with Gasteiger partial charge in [-0.05, 0) is 17.2 Å². The second-order valence-corrected chi connectivity index (χ2v) is 7.61. The summed E-state index contributed by atoms with van der Waals surface area (Å²) in [6, 6.07) is 14.8. The summed E-state index contributed by atoms with van der Waals surface area (Å²) in [5.41, 5.74) is 2.42. The molecule has 1 N–H and O–H groups in total. The van der Waals surface area contributed by atoms with Gasteiger partial charge in [0.05, 0.1) is 18.8 Å². The fourth-order valence-corrected chi connectivity index (χ4v) is 4.08. The number of rotatable bonds is 4. The van der Waals surface area contributed by atoms with Crippen LogP contribution in [0.2, 0.25) is 5.15 Å². The molecule has 2 atom stereocenters. The number of nitrogens with zero attached hydrogens (tertiary/aromatic N) is 4. The van der Waals surface area contributed by atoms with Gasteiger partial charge in [-0.1, -0.05) is 48.0 Å². The number of hydrogen-bond acceptors (Lipinski definition) is 4. The number of morpholine rings is 1. The SMILES string of the molecule is CN=C(NCc1ccc(Cl)nc1)N1CC2OCCN(Cc3ccccc3)C2C1.I. The van der Waals surface area contributed by atoms with E-state index in [-0.39, 0.29) is 30.1 Å². The van der Waals surface area contributed by atoms with Crippen molar-refractivity contribution in [3.63, 3.8) is 0 Å². The summed E-state index contributed by atoms with van der Waals surface area (Å²) in [7, 11) is 1.83. The Bertz CT molecular complexity index is 804. The standard InChI is InChI=1S/C21H26ClN5O.HI/c1-23-21(25-12-17-7-8-20(22)24-11-17)27-14-18-19(15-27)28-10-9-26(18)13-16-5-3-2-4-6-16;/h2-8,11,18-19H,9-10,12-15H2,1H3,(H,23,25);1H. The largest absolute Gasteiger partial charge is 0.373 e. The Morgan fingerprint density at radius 2 is 2.03 bits per heavy atom. The van der Waals surface area contributed by atoms with E-state index in [9.17, 15) is 0 Å². The van der Waals surface area contributed by atoms with Crippen LogP contribution in [0.5, 0.6) is 0 Å². The number of likely N-dealkylation sites (tertiary alicyclic amines) is 1. The molecule has 2 fully saturated rings. The van der Waals surface area contributed by atoms with E-state index in [2.05, 4.69) is 55.4 Å². The second-order valence-electron chi connectivity index (χ2n) is 7.23. The van der Waals surface area contributed by atoms with Gasteiger partial charge in [-0.15, -0.1) is 24.0 Å². The van der Waals surface area contributed by atoms with Crippen molar-refractivity contribution in [3.05, 3.63) is 64.9 Å². The van der Waals surface area contributed by atoms with Gasteiger partial charge in [0.1, 0.15) is 5.15 Å². The number of fused-ring (bicyclic) bond motifs is 1. The van der Waals surface area contributed by atoms with Crippen LogP contribution in [-0.4, -0.2) is 66.2 Å². The van der Waals surface area contributed by atoms with E-state index in [0.717, 1.165) is 44.3 Å². The average Bonchev–Trinajstić information content (AvgIpc) is 3.16. The second kappa shape index (κ2) is 10.6. The van der Waals surface area contributed by atoms with Crippen LogP contribution in [-0.2, 0) is 17.8 Å². The first kappa shape index (κ1) is 22.3. The normalized spacial score (nSPS) is 22.1. The molecule has 1 aromatic carbocycles. The highest BCUT2D eigenvalue weighted by atomic mass is 127. The molecule has 29 heavy (non-hydrogen) atoms. The van der Waals surface area contributed by atoms with Crippen molar-refractivity contribution in [3.8, 4) is 0 Å². The van der Waals surface area contributed by atoms with Gasteiger partial charge in [0.25, 0.3) is 0 Å². The minimum Gasteiger partial charge on any atom is -0.373 e. The molecule has 0 spiro atoms. The lowest BCUT2D eigenvalue weighted by molar-refractivity contribution is -0.0502. The molecular weight excluding hydrogens is 501 g/mol. The highest BCUT2D eigenvalue weighted by Gasteiger charge is 2.41. The summed E-state index contributed by atoms with van der Waals surface area (Å²) in [6.45, 7) is 5.14. The number of hydrogen-bond donors (Lipinski definition) is 1. The summed E-state index contributed by atoms with van der Waals surface area (Å²) >= 11 is 5.86. The monoisotopic (exact) mass is 527 g/mol. The molecule has 0 bridgehead atoms. The molecular formula is C21H27ClIN5O. The first-order valence-corrected chi connectivity index (χ1v) is 10.1. The van der Waals surface area contributed by atoms with Crippen molar-refractivity contribution < 1.29 is 4.74 Å². The maximum absolute atomic E-state index is 6.08. The molecule has 6 nitrogen and oxygen atoms in total. The Kier molecular flexibility index (Phi) is 8.11. The van der Waals surface area contributed by atoms with Crippen molar-refractivity contribution in [1.29, 1.82) is 0 Å². The minimum absolute atomic E-state index is 0. The van der Waals surface area contributed by atoms with Gasteiger partial charge in [0.15, 0.2) is 5.96 Å². The molecule has 156 valence electrons. The Balaban J connectivity index is 0.00000240. The van der Waals surface area contributed by atoms with Gasteiger partial charge in [0.2, 0.25) is 0 Å². The molecule has 2 saturated heterocycles. The predicted octanol–water partition coefficient (Wildman–Crippen LogP) is 3.01. The van der Waals surface area contributed by atoms with Gasteiger partial charge in [-0.3, -0.25) is 9.89 Å². The van der Waals surface area contributed by atoms with Crippen LogP contribution in [0.15, 0.2) is 53.7 Å². The average molecular weight is 528 g/mol. The van der Waals surface area contributed by atoms with Crippen molar-refractivity contribution in [2.45, 2.75) is 25.2 Å². The lowest BCUT2D eigenvalue weighted by Crippen LogP contribution is -2.50. The van der Waals surface area contributed by atoms with Crippen LogP contribution in [0.25, 0.3) is 0 Å². The van der Waals surface area contributed by atoms with Crippen molar-refractivity contribution in [2.75, 3.05) is 33.3 Å². The van der Waals surface area contributed by atoms with Crippen LogP contribution >= 0.6 is 35.6 Å². The van der Waals surface area contributed by atoms with E-state index in [0.29, 0.717) is 17.7 Å². The van der Waals surface area contributed by atoms with E-state index < -0.39 is 0 Å². The molecule has 1 aromatic heterocycles. The zero-order chi connectivity index (χ0) is 19.3. The molecule has 2 aliphatic heterocycles. The van der Waals surface area contributed by atoms with Crippen LogP contribution in [0.4, 0.5) is 0 Å². The van der Waals surface area contributed by atoms with Gasteiger partial charge in [-0.25, -0.2) is 4.98 Å². The van der Waals surface area contributed by atoms with Gasteiger partial charge in [-0.2, -0.15) is 0 Å². The molecule has 0 radical (unpaired) electrons. The Labute approximate surface area is 194 Å². The molecule has 2 aromatic rings. The Hall–Kier alpha value is -1.42. The lowest BCUT2D eigenvalue weighted by Gasteiger charge is -2.36. The summed E-state index contributed by atoms with van der Waals surface area (Å²) in [6.07, 6.45) is 2.00. The molecule has 3 heterocycles. The van der Waals surface area contributed by atoms with Crippen LogP contribution < -0.4 is 5.32 Å². The first-order chi connectivity index (χ1) is 13.7. The van der Waals surface area contributed by atoms with Crippen LogP contribution in [0.1, 0.15) is 11.1 Å². The van der Waals surface area contributed by atoms with E-state index in [1.165, 1.54) is 5.56 Å². The fraction of sp³-hybridized carbons (Fsp3) is 0.429. The topological polar surface area (TPSA) is 53.0 Å². The minimum atomic E-state index is 0. The summed E-state index contributed by atoms with van der Waals surface area (Å²) in [5.74, 6) is 0.896. The van der Waals surface area contributed by atoms with Gasteiger partial charge < -0.3 is 15.0 Å². The molecule has 2 aliphatic rings. The third-order valence-corrected chi connectivity index (χ3v) is 5.62. The number of benzene rings is 1. The number of ether oxygens (including phenoxy) is 1. The number of nitrogens with one attached hydrogen (secondary N) is 1. The van der Waals surface area contributed by atoms with Gasteiger partial charge >= 0.3 is 0 Å². The fourth-order valence-electron chi connectivity index (χ4n) is 3.97. The van der Waals surface area contributed by atoms with Crippen LogP contribution in [0.3, 0.4) is 0 Å². The number of guanidine groups is 1. The third-order valence-electron chi connectivity index (χ3n) is 5.40. The third kappa shape index (κ3) is 5.59. The number of halogens is 2. The van der Waals surface area contributed by atoms with E-state index in [4.69, 9.17) is 16.3 Å². The molecule has 0 amide bonds. The highest BCUT2D eigenvalue weighted by Crippen LogP contribution is 2.24. The molecule has 4 rings (SSSR count). The smallest absolute Gasteiger partial charge is 0.194 e. The first-order valence-electron chi connectivity index (χ1n) is 9.68. The predicted molar refractivity (Wildman–Crippen MR) is 127 cm³/mol. The maximum Gasteiger partial charge on any atom is 0.194 e. The number of aromatic nitrogens is 1. The Morgan fingerprint density at radius 1 is 1.21 bits per heavy atom. The summed E-state index contributed by atoms with van der Waals surface area (Å²) in [4.78, 5) is 13.5. The summed E-state index contributed by atoms with van der Waals surface area (Å²) in [5, 5.41) is 3.95. The van der Waals surface area contributed by atoms with Crippen molar-refractivity contribution in [1.82, 2.24) is 20.1 Å². The number of aliphatic imine (C=N–C) groups is 1. The van der Waals surface area contributed by atoms with E-state index in [1.807, 2.05) is 13.1 Å². The summed E-state index contributed by atoms with van der Waals surface area (Å²) < 4.78 is 6.08. The van der Waals surface area contributed by atoms with Crippen molar-refractivity contribution in [2.24, 2.45) is 4.99 Å². The Morgan fingerprint density at radius 3 is 2.76 bits per heavy atom. The highest BCUT2D eigenvalue weighted by molar-refractivity contribution is 14.0. The zero-order valence-electron chi connectivity index (χ0n) is 16.5. The molecule has 8 heteroatoms. The molecule has 2 unspecified atom stereocenters. The van der Waals surface area contributed by atoms with E-state index >= 15 is 0 Å². The number of pyridine rings is 1. The lowest BCUT2D eigenvalue weighted by atomic mass is 10.1. The van der Waals surface area contributed by atoms with E-state index in [1.54, 1.807) is 12.3 Å². The zero-order valence-corrected chi connectivity index (χ0v) is 19.6. The quantitative estimate of drug-likeness (QED) is 0.287. The van der Waals surface area contributed by atoms with Crippen LogP contribution in [0, 0.1) is 0 Å².